The van der Waals surface area contributed by atoms with Crippen molar-refractivity contribution >= 4 is 33.4 Å². The van der Waals surface area contributed by atoms with Gasteiger partial charge in [0.1, 0.15) is 0 Å². The lowest BCUT2D eigenvalue weighted by atomic mass is 10.0. The van der Waals surface area contributed by atoms with Crippen molar-refractivity contribution < 1.29 is 4.79 Å². The van der Waals surface area contributed by atoms with Crippen LogP contribution in [0.1, 0.15) is 36.0 Å². The molecule has 2 atom stereocenters. The van der Waals surface area contributed by atoms with Gasteiger partial charge in [0.05, 0.1) is 10.6 Å². The Morgan fingerprint density at radius 1 is 1.35 bits per heavy atom. The summed E-state index contributed by atoms with van der Waals surface area (Å²) >= 11 is 9.65. The highest BCUT2D eigenvalue weighted by molar-refractivity contribution is 9.10. The fourth-order valence-corrected chi connectivity index (χ4v) is 3.90. The van der Waals surface area contributed by atoms with Crippen molar-refractivity contribution in [3.05, 3.63) is 33.3 Å². The third-order valence-corrected chi connectivity index (χ3v) is 5.60. The number of halogens is 2. The molecule has 1 aromatic carbocycles. The molecule has 1 amide bonds. The van der Waals surface area contributed by atoms with Gasteiger partial charge in [-0.05, 0) is 60.3 Å². The first-order chi connectivity index (χ1) is 9.68. The number of nitrogens with zero attached hydrogens (tertiary/aromatic N) is 1. The van der Waals surface area contributed by atoms with Gasteiger partial charge in [-0.25, -0.2) is 0 Å². The zero-order valence-electron chi connectivity index (χ0n) is 11.2. The van der Waals surface area contributed by atoms with Gasteiger partial charge in [-0.1, -0.05) is 17.7 Å². The molecule has 2 unspecified atom stereocenters. The van der Waals surface area contributed by atoms with Crippen LogP contribution in [0.4, 0.5) is 0 Å². The number of hydrogen-bond donors (Lipinski definition) is 1. The van der Waals surface area contributed by atoms with E-state index in [1.807, 2.05) is 23.1 Å². The maximum absolute atomic E-state index is 12.8. The van der Waals surface area contributed by atoms with Crippen LogP contribution in [0.5, 0.6) is 0 Å². The summed E-state index contributed by atoms with van der Waals surface area (Å²) in [5.41, 5.74) is 0.603. The number of nitrogens with one attached hydrogen (secondary N) is 1. The summed E-state index contributed by atoms with van der Waals surface area (Å²) in [5, 5.41) is 4.04. The Morgan fingerprint density at radius 3 is 2.95 bits per heavy atom. The van der Waals surface area contributed by atoms with Crippen LogP contribution in [0.15, 0.2) is 22.7 Å². The second-order valence-electron chi connectivity index (χ2n) is 5.51. The Morgan fingerprint density at radius 2 is 2.20 bits per heavy atom. The molecule has 0 aromatic heterocycles. The molecule has 20 heavy (non-hydrogen) atoms. The van der Waals surface area contributed by atoms with E-state index in [0.717, 1.165) is 30.4 Å². The lowest BCUT2D eigenvalue weighted by molar-refractivity contribution is 0.0711. The average molecular weight is 358 g/mol. The molecule has 1 aromatic rings. The molecule has 2 aliphatic rings. The lowest BCUT2D eigenvalue weighted by Gasteiger charge is -2.30. The first kappa shape index (κ1) is 14.4. The Kier molecular flexibility index (Phi) is 4.34. The normalized spacial score (nSPS) is 26.2. The van der Waals surface area contributed by atoms with Crippen molar-refractivity contribution in [1.29, 1.82) is 0 Å². The van der Waals surface area contributed by atoms with E-state index in [4.69, 9.17) is 11.6 Å². The maximum atomic E-state index is 12.8. The van der Waals surface area contributed by atoms with Crippen molar-refractivity contribution in [2.24, 2.45) is 0 Å². The van der Waals surface area contributed by atoms with Crippen LogP contribution in [-0.4, -0.2) is 36.0 Å². The molecule has 0 saturated carbocycles. The summed E-state index contributed by atoms with van der Waals surface area (Å²) in [5.74, 6) is 0.0625. The second-order valence-corrected chi connectivity index (χ2v) is 6.74. The maximum Gasteiger partial charge on any atom is 0.255 e. The second kappa shape index (κ2) is 6.04. The van der Waals surface area contributed by atoms with E-state index >= 15 is 0 Å². The van der Waals surface area contributed by atoms with Crippen LogP contribution < -0.4 is 5.32 Å². The van der Waals surface area contributed by atoms with Crippen LogP contribution in [0.25, 0.3) is 0 Å². The van der Waals surface area contributed by atoms with E-state index in [1.165, 1.54) is 12.8 Å². The third kappa shape index (κ3) is 2.61. The Balaban J connectivity index is 1.83. The van der Waals surface area contributed by atoms with Crippen LogP contribution in [0, 0.1) is 0 Å². The average Bonchev–Trinajstić information content (AvgIpc) is 3.10. The van der Waals surface area contributed by atoms with E-state index in [1.54, 1.807) is 0 Å². The van der Waals surface area contributed by atoms with Gasteiger partial charge in [-0.2, -0.15) is 0 Å². The van der Waals surface area contributed by atoms with E-state index in [0.29, 0.717) is 22.7 Å². The zero-order chi connectivity index (χ0) is 14.1. The topological polar surface area (TPSA) is 32.3 Å². The van der Waals surface area contributed by atoms with Gasteiger partial charge < -0.3 is 10.2 Å². The molecule has 2 saturated heterocycles. The van der Waals surface area contributed by atoms with E-state index < -0.39 is 0 Å². The molecular weight excluding hydrogens is 340 g/mol. The zero-order valence-corrected chi connectivity index (χ0v) is 13.6. The van der Waals surface area contributed by atoms with Crippen molar-refractivity contribution in [3.63, 3.8) is 0 Å². The summed E-state index contributed by atoms with van der Waals surface area (Å²) < 4.78 is 0.778. The molecule has 3 nitrogen and oxygen atoms in total. The standard InChI is InChI=1S/C15H18BrClN2O/c16-11-5-1-4-10(14(11)17)15(20)19-9-3-7-13(19)12-6-2-8-18-12/h1,4-5,12-13,18H,2-3,6-9H2. The fourth-order valence-electron chi connectivity index (χ4n) is 3.33. The summed E-state index contributed by atoms with van der Waals surface area (Å²) in [4.78, 5) is 14.8. The molecule has 2 heterocycles. The van der Waals surface area contributed by atoms with Gasteiger partial charge in [-0.3, -0.25) is 4.79 Å². The number of benzene rings is 1. The van der Waals surface area contributed by atoms with Crippen molar-refractivity contribution in [3.8, 4) is 0 Å². The van der Waals surface area contributed by atoms with E-state index in [9.17, 15) is 4.79 Å². The monoisotopic (exact) mass is 356 g/mol. The van der Waals surface area contributed by atoms with Gasteiger partial charge in [-0.15, -0.1) is 0 Å². The quantitative estimate of drug-likeness (QED) is 0.879. The highest BCUT2D eigenvalue weighted by Crippen LogP contribution is 2.31. The van der Waals surface area contributed by atoms with Gasteiger partial charge in [0.25, 0.3) is 5.91 Å². The summed E-state index contributed by atoms with van der Waals surface area (Å²) in [6.07, 6.45) is 4.55. The van der Waals surface area contributed by atoms with Crippen molar-refractivity contribution in [2.45, 2.75) is 37.8 Å². The van der Waals surface area contributed by atoms with Gasteiger partial charge in [0, 0.05) is 23.1 Å². The molecule has 108 valence electrons. The number of hydrogen-bond acceptors (Lipinski definition) is 2. The molecule has 0 spiro atoms. The van der Waals surface area contributed by atoms with E-state index in [2.05, 4.69) is 21.2 Å². The first-order valence-corrected chi connectivity index (χ1v) is 8.34. The molecule has 0 bridgehead atoms. The van der Waals surface area contributed by atoms with Crippen molar-refractivity contribution in [2.75, 3.05) is 13.1 Å². The number of likely N-dealkylation sites (tertiary alicyclic amines) is 1. The first-order valence-electron chi connectivity index (χ1n) is 7.17. The minimum Gasteiger partial charge on any atom is -0.334 e. The SMILES string of the molecule is O=C(c1cccc(Br)c1Cl)N1CCCC1C1CCCN1. The highest BCUT2D eigenvalue weighted by atomic mass is 79.9. The minimum absolute atomic E-state index is 0.0625. The predicted molar refractivity (Wildman–Crippen MR) is 84.2 cm³/mol. The van der Waals surface area contributed by atoms with Gasteiger partial charge in [0.15, 0.2) is 0 Å². The summed E-state index contributed by atoms with van der Waals surface area (Å²) in [7, 11) is 0. The lowest BCUT2D eigenvalue weighted by Crippen LogP contribution is -2.46. The summed E-state index contributed by atoms with van der Waals surface area (Å²) in [6.45, 7) is 1.91. The molecule has 0 radical (unpaired) electrons. The number of carbonyl (C=O) groups excluding carboxylic acids is 1. The van der Waals surface area contributed by atoms with Gasteiger partial charge >= 0.3 is 0 Å². The number of carbonyl (C=O) groups is 1. The third-order valence-electron chi connectivity index (χ3n) is 4.30. The fraction of sp³-hybridized carbons (Fsp3) is 0.533. The molecular formula is C15H18BrClN2O. The summed E-state index contributed by atoms with van der Waals surface area (Å²) in [6, 6.07) is 6.31. The molecule has 3 rings (SSSR count). The number of amides is 1. The Hall–Kier alpha value is -0.580. The van der Waals surface area contributed by atoms with Gasteiger partial charge in [0.2, 0.25) is 0 Å². The molecule has 1 N–H and O–H groups in total. The smallest absolute Gasteiger partial charge is 0.255 e. The van der Waals surface area contributed by atoms with Crippen LogP contribution >= 0.6 is 27.5 Å². The van der Waals surface area contributed by atoms with E-state index in [-0.39, 0.29) is 5.91 Å². The molecule has 0 aliphatic carbocycles. The molecule has 5 heteroatoms. The Bertz CT molecular complexity index is 517. The van der Waals surface area contributed by atoms with Crippen LogP contribution in [0.3, 0.4) is 0 Å². The highest BCUT2D eigenvalue weighted by Gasteiger charge is 2.36. The molecule has 2 aliphatic heterocycles. The number of rotatable bonds is 2. The van der Waals surface area contributed by atoms with Crippen LogP contribution in [0.2, 0.25) is 5.02 Å². The Labute approximate surface area is 132 Å². The largest absolute Gasteiger partial charge is 0.334 e. The van der Waals surface area contributed by atoms with Crippen molar-refractivity contribution in [1.82, 2.24) is 10.2 Å². The predicted octanol–water partition coefficient (Wildman–Crippen LogP) is 3.46. The minimum atomic E-state index is 0.0625. The molecule has 2 fully saturated rings. The van der Waals surface area contributed by atoms with Crippen LogP contribution in [-0.2, 0) is 0 Å².